The fourth-order valence-electron chi connectivity index (χ4n) is 2.10. The zero-order valence-corrected chi connectivity index (χ0v) is 14.6. The second kappa shape index (κ2) is 5.47. The molecule has 0 amide bonds. The topological polar surface area (TPSA) is 52.0 Å². The number of carbonyl (C=O) groups excluding carboxylic acids is 1. The maximum atomic E-state index is 12.5. The summed E-state index contributed by atoms with van der Waals surface area (Å²) in [5.74, 6) is -0.0928. The van der Waals surface area contributed by atoms with E-state index in [4.69, 9.17) is 0 Å². The van der Waals surface area contributed by atoms with Crippen LogP contribution in [0.15, 0.2) is 27.0 Å². The van der Waals surface area contributed by atoms with E-state index in [2.05, 4.69) is 20.9 Å². The number of hydrogen-bond donors (Lipinski definition) is 0. The first kappa shape index (κ1) is 14.6. The summed E-state index contributed by atoms with van der Waals surface area (Å²) < 4.78 is 2.15. The molecule has 0 aliphatic carbocycles. The molecule has 0 unspecified atom stereocenters. The van der Waals surface area contributed by atoms with Gasteiger partial charge in [0.05, 0.1) is 23.1 Å². The van der Waals surface area contributed by atoms with Gasteiger partial charge in [-0.05, 0) is 46.8 Å². The highest BCUT2D eigenvalue weighted by Gasteiger charge is 2.16. The standard InChI is InChI=1S/C14H11BrN2O2S2/c1-7-8(2)21-13-11(7)14(19)17(6-16-13)5-10(18)12-9(15)3-4-20-12/h3-4,6H,5H2,1-2H3. The van der Waals surface area contributed by atoms with Gasteiger partial charge in [0.25, 0.3) is 5.56 Å². The Morgan fingerprint density at radius 3 is 2.86 bits per heavy atom. The van der Waals surface area contributed by atoms with E-state index in [9.17, 15) is 9.59 Å². The number of Topliss-reactive ketones (excluding diaryl/α,β-unsaturated/α-hetero) is 1. The number of ketones is 1. The molecule has 0 spiro atoms. The second-order valence-corrected chi connectivity index (χ2v) is 7.64. The van der Waals surface area contributed by atoms with Crippen LogP contribution >= 0.6 is 38.6 Å². The smallest absolute Gasteiger partial charge is 0.262 e. The van der Waals surface area contributed by atoms with Gasteiger partial charge in [-0.2, -0.15) is 0 Å². The molecule has 0 aliphatic rings. The van der Waals surface area contributed by atoms with Gasteiger partial charge in [0, 0.05) is 9.35 Å². The Morgan fingerprint density at radius 1 is 1.43 bits per heavy atom. The maximum Gasteiger partial charge on any atom is 0.262 e. The number of aryl methyl sites for hydroxylation is 2. The minimum atomic E-state index is -0.150. The van der Waals surface area contributed by atoms with Crippen LogP contribution < -0.4 is 5.56 Å². The molecule has 21 heavy (non-hydrogen) atoms. The summed E-state index contributed by atoms with van der Waals surface area (Å²) in [6.45, 7) is 3.90. The van der Waals surface area contributed by atoms with Gasteiger partial charge in [-0.3, -0.25) is 14.2 Å². The van der Waals surface area contributed by atoms with E-state index < -0.39 is 0 Å². The Labute approximate surface area is 137 Å². The number of thiophene rings is 2. The lowest BCUT2D eigenvalue weighted by atomic mass is 10.2. The molecule has 3 rings (SSSR count). The summed E-state index contributed by atoms with van der Waals surface area (Å²) in [4.78, 5) is 31.5. The average molecular weight is 383 g/mol. The fourth-order valence-corrected chi connectivity index (χ4v) is 4.61. The van der Waals surface area contributed by atoms with Gasteiger partial charge >= 0.3 is 0 Å². The van der Waals surface area contributed by atoms with E-state index in [1.54, 1.807) is 0 Å². The Hall–Kier alpha value is -1.31. The minimum absolute atomic E-state index is 0.00915. The van der Waals surface area contributed by atoms with Crippen molar-refractivity contribution in [3.05, 3.63) is 47.9 Å². The van der Waals surface area contributed by atoms with Gasteiger partial charge in [0.2, 0.25) is 0 Å². The summed E-state index contributed by atoms with van der Waals surface area (Å²) in [5, 5.41) is 2.46. The van der Waals surface area contributed by atoms with Crippen LogP contribution in [0.25, 0.3) is 10.2 Å². The molecular formula is C14H11BrN2O2S2. The molecule has 0 N–H and O–H groups in total. The normalized spacial score (nSPS) is 11.2. The van der Waals surface area contributed by atoms with Gasteiger partial charge in [-0.1, -0.05) is 0 Å². The van der Waals surface area contributed by atoms with Crippen LogP contribution in [0.3, 0.4) is 0 Å². The minimum Gasteiger partial charge on any atom is -0.291 e. The predicted octanol–water partition coefficient (Wildman–Crippen LogP) is 3.78. The SMILES string of the molecule is Cc1sc2ncn(CC(=O)c3sccc3Br)c(=O)c2c1C. The largest absolute Gasteiger partial charge is 0.291 e. The van der Waals surface area contributed by atoms with Crippen LogP contribution in [-0.2, 0) is 6.54 Å². The Morgan fingerprint density at radius 2 is 2.19 bits per heavy atom. The Balaban J connectivity index is 2.04. The van der Waals surface area contributed by atoms with Crippen LogP contribution in [0.1, 0.15) is 20.1 Å². The molecule has 0 bridgehead atoms. The lowest BCUT2D eigenvalue weighted by Crippen LogP contribution is -2.24. The number of carbonyl (C=O) groups is 1. The molecule has 0 radical (unpaired) electrons. The molecule has 4 nitrogen and oxygen atoms in total. The molecule has 0 aromatic carbocycles. The van der Waals surface area contributed by atoms with Gasteiger partial charge in [0.15, 0.2) is 5.78 Å². The van der Waals surface area contributed by atoms with E-state index in [1.165, 1.54) is 33.6 Å². The molecule has 108 valence electrons. The van der Waals surface area contributed by atoms with Crippen LogP contribution in [-0.4, -0.2) is 15.3 Å². The molecule has 3 aromatic rings. The van der Waals surface area contributed by atoms with Crippen molar-refractivity contribution in [2.75, 3.05) is 0 Å². The fraction of sp³-hybridized carbons (Fsp3) is 0.214. The molecule has 0 saturated carbocycles. The third kappa shape index (κ3) is 2.49. The van der Waals surface area contributed by atoms with E-state index in [1.807, 2.05) is 25.3 Å². The highest BCUT2D eigenvalue weighted by Crippen LogP contribution is 2.26. The quantitative estimate of drug-likeness (QED) is 0.647. The van der Waals surface area contributed by atoms with E-state index >= 15 is 0 Å². The number of nitrogens with zero attached hydrogens (tertiary/aromatic N) is 2. The number of fused-ring (bicyclic) bond motifs is 1. The first-order chi connectivity index (χ1) is 9.99. The van der Waals surface area contributed by atoms with Crippen LogP contribution in [0.4, 0.5) is 0 Å². The number of rotatable bonds is 3. The lowest BCUT2D eigenvalue weighted by Gasteiger charge is -2.04. The van der Waals surface area contributed by atoms with Crippen molar-refractivity contribution >= 4 is 54.6 Å². The van der Waals surface area contributed by atoms with Crippen molar-refractivity contribution in [1.82, 2.24) is 9.55 Å². The van der Waals surface area contributed by atoms with Crippen LogP contribution in [0.5, 0.6) is 0 Å². The third-order valence-electron chi connectivity index (χ3n) is 3.34. The van der Waals surface area contributed by atoms with Crippen molar-refractivity contribution in [1.29, 1.82) is 0 Å². The molecule has 0 saturated heterocycles. The molecule has 3 aromatic heterocycles. The summed E-state index contributed by atoms with van der Waals surface area (Å²) in [5.41, 5.74) is 0.800. The molecule has 0 aliphatic heterocycles. The number of aromatic nitrogens is 2. The predicted molar refractivity (Wildman–Crippen MR) is 89.7 cm³/mol. The number of halogens is 1. The van der Waals surface area contributed by atoms with Crippen LogP contribution in [0.2, 0.25) is 0 Å². The monoisotopic (exact) mass is 382 g/mol. The first-order valence-electron chi connectivity index (χ1n) is 6.20. The second-order valence-electron chi connectivity index (χ2n) is 4.66. The van der Waals surface area contributed by atoms with E-state index in [0.717, 1.165) is 19.7 Å². The molecule has 0 atom stereocenters. The maximum absolute atomic E-state index is 12.5. The zero-order chi connectivity index (χ0) is 15.1. The lowest BCUT2D eigenvalue weighted by molar-refractivity contribution is 0.0974. The van der Waals surface area contributed by atoms with Gasteiger partial charge in [0.1, 0.15) is 4.83 Å². The molecule has 3 heterocycles. The number of hydrogen-bond acceptors (Lipinski definition) is 5. The summed E-state index contributed by atoms with van der Waals surface area (Å²) in [6.07, 6.45) is 1.46. The van der Waals surface area contributed by atoms with Crippen molar-refractivity contribution in [2.45, 2.75) is 20.4 Å². The zero-order valence-electron chi connectivity index (χ0n) is 11.3. The van der Waals surface area contributed by atoms with Gasteiger partial charge in [-0.15, -0.1) is 22.7 Å². The highest BCUT2D eigenvalue weighted by molar-refractivity contribution is 9.10. The van der Waals surface area contributed by atoms with Crippen molar-refractivity contribution in [2.24, 2.45) is 0 Å². The van der Waals surface area contributed by atoms with Crippen LogP contribution in [0, 0.1) is 13.8 Å². The average Bonchev–Trinajstić information content (AvgIpc) is 2.98. The molecule has 7 heteroatoms. The summed E-state index contributed by atoms with van der Waals surface area (Å²) in [7, 11) is 0. The van der Waals surface area contributed by atoms with E-state index in [0.29, 0.717) is 10.3 Å². The van der Waals surface area contributed by atoms with Crippen molar-refractivity contribution < 1.29 is 4.79 Å². The highest BCUT2D eigenvalue weighted by atomic mass is 79.9. The Bertz CT molecular complexity index is 907. The third-order valence-corrected chi connectivity index (χ3v) is 6.33. The summed E-state index contributed by atoms with van der Waals surface area (Å²) >= 11 is 6.21. The molecular weight excluding hydrogens is 372 g/mol. The van der Waals surface area contributed by atoms with Crippen molar-refractivity contribution in [3.8, 4) is 0 Å². The summed E-state index contributed by atoms with van der Waals surface area (Å²) in [6, 6.07) is 1.83. The van der Waals surface area contributed by atoms with Gasteiger partial charge < -0.3 is 0 Å². The van der Waals surface area contributed by atoms with Gasteiger partial charge in [-0.25, -0.2) is 4.98 Å². The first-order valence-corrected chi connectivity index (χ1v) is 8.69. The van der Waals surface area contributed by atoms with Crippen molar-refractivity contribution in [3.63, 3.8) is 0 Å². The molecule has 0 fully saturated rings. The van der Waals surface area contributed by atoms with E-state index in [-0.39, 0.29) is 17.9 Å². The Kier molecular flexibility index (Phi) is 3.81.